The van der Waals surface area contributed by atoms with Crippen LogP contribution in [0, 0.1) is 0 Å². The number of para-hydroxylation sites is 1. The Morgan fingerprint density at radius 3 is 2.80 bits per heavy atom. The molecule has 0 saturated heterocycles. The summed E-state index contributed by atoms with van der Waals surface area (Å²) in [5.41, 5.74) is 2.58. The molecule has 130 valence electrons. The smallest absolute Gasteiger partial charge is 0.238 e. The van der Waals surface area contributed by atoms with Crippen LogP contribution in [0.15, 0.2) is 47.4 Å². The van der Waals surface area contributed by atoms with Crippen molar-refractivity contribution >= 4 is 46.6 Å². The molecular formula is C19H19ClN2O2S. The van der Waals surface area contributed by atoms with Gasteiger partial charge in [-0.25, -0.2) is 0 Å². The summed E-state index contributed by atoms with van der Waals surface area (Å²) in [5.74, 6) is -0.0364. The van der Waals surface area contributed by atoms with Crippen LogP contribution in [0.4, 0.5) is 11.4 Å². The summed E-state index contributed by atoms with van der Waals surface area (Å²) in [7, 11) is 0. The van der Waals surface area contributed by atoms with E-state index in [1.165, 1.54) is 11.8 Å². The van der Waals surface area contributed by atoms with Crippen molar-refractivity contribution in [2.24, 2.45) is 0 Å². The maximum absolute atomic E-state index is 12.4. The van der Waals surface area contributed by atoms with Gasteiger partial charge in [0.05, 0.1) is 10.9 Å². The number of anilines is 2. The second kappa shape index (κ2) is 7.50. The first-order valence-corrected chi connectivity index (χ1v) is 9.35. The van der Waals surface area contributed by atoms with Gasteiger partial charge in [-0.05, 0) is 35.7 Å². The largest absolute Gasteiger partial charge is 0.326 e. The predicted octanol–water partition coefficient (Wildman–Crippen LogP) is 4.91. The number of hydrogen-bond donors (Lipinski definition) is 2. The lowest BCUT2D eigenvalue weighted by molar-refractivity contribution is -0.120. The molecule has 0 bridgehead atoms. The third kappa shape index (κ3) is 4.17. The van der Waals surface area contributed by atoms with Crippen molar-refractivity contribution in [1.82, 2.24) is 0 Å². The second-order valence-corrected chi connectivity index (χ2v) is 7.91. The van der Waals surface area contributed by atoms with Crippen LogP contribution in [-0.2, 0) is 9.59 Å². The van der Waals surface area contributed by atoms with E-state index in [2.05, 4.69) is 24.5 Å². The van der Waals surface area contributed by atoms with Crippen LogP contribution < -0.4 is 10.6 Å². The molecule has 0 aliphatic carbocycles. The van der Waals surface area contributed by atoms with E-state index in [1.54, 1.807) is 12.1 Å². The Morgan fingerprint density at radius 2 is 2.04 bits per heavy atom. The lowest BCUT2D eigenvalue weighted by Gasteiger charge is -2.24. The molecule has 1 aliphatic heterocycles. The summed E-state index contributed by atoms with van der Waals surface area (Å²) in [6.45, 7) is 4.16. The summed E-state index contributed by atoms with van der Waals surface area (Å²) in [5, 5.41) is 5.88. The number of benzene rings is 2. The van der Waals surface area contributed by atoms with Crippen LogP contribution in [0.5, 0.6) is 0 Å². The average molecular weight is 375 g/mol. The highest BCUT2D eigenvalue weighted by Crippen LogP contribution is 2.38. The second-order valence-electron chi connectivity index (χ2n) is 6.23. The van der Waals surface area contributed by atoms with Gasteiger partial charge in [-0.3, -0.25) is 9.59 Å². The zero-order chi connectivity index (χ0) is 18.0. The predicted molar refractivity (Wildman–Crippen MR) is 104 cm³/mol. The minimum absolute atomic E-state index is 0.116. The zero-order valence-electron chi connectivity index (χ0n) is 14.0. The number of thioether (sulfide) groups is 1. The van der Waals surface area contributed by atoms with Gasteiger partial charge >= 0.3 is 0 Å². The van der Waals surface area contributed by atoms with Gasteiger partial charge in [0.1, 0.15) is 0 Å². The Labute approximate surface area is 156 Å². The molecule has 1 aliphatic rings. The Morgan fingerprint density at radius 1 is 1.28 bits per heavy atom. The molecule has 3 rings (SSSR count). The molecule has 0 saturated carbocycles. The standard InChI is InChI=1S/C19H19ClN2O2S/c1-11(2)13-5-3-4-6-14(13)21-18(23)10-17-19(24)22-15-9-12(20)7-8-16(15)25-17/h3-9,11,17H,10H2,1-2H3,(H,21,23)(H,22,24). The number of hydrogen-bond acceptors (Lipinski definition) is 3. The summed E-state index contributed by atoms with van der Waals surface area (Å²) in [4.78, 5) is 25.6. The molecule has 2 amide bonds. The molecule has 25 heavy (non-hydrogen) atoms. The third-order valence-corrected chi connectivity index (χ3v) is 5.50. The van der Waals surface area contributed by atoms with Crippen molar-refractivity contribution < 1.29 is 9.59 Å². The van der Waals surface area contributed by atoms with Crippen LogP contribution in [-0.4, -0.2) is 17.1 Å². The van der Waals surface area contributed by atoms with Gasteiger partial charge in [0, 0.05) is 22.0 Å². The molecule has 2 aromatic rings. The van der Waals surface area contributed by atoms with Gasteiger partial charge in [-0.2, -0.15) is 0 Å². The number of fused-ring (bicyclic) bond motifs is 1. The maximum Gasteiger partial charge on any atom is 0.238 e. The van der Waals surface area contributed by atoms with Crippen LogP contribution in [0.2, 0.25) is 5.02 Å². The monoisotopic (exact) mass is 374 g/mol. The highest BCUT2D eigenvalue weighted by molar-refractivity contribution is 8.01. The molecule has 0 radical (unpaired) electrons. The summed E-state index contributed by atoms with van der Waals surface area (Å²) in [6.07, 6.45) is 0.116. The van der Waals surface area contributed by atoms with E-state index in [9.17, 15) is 9.59 Å². The van der Waals surface area contributed by atoms with Crippen molar-refractivity contribution in [1.29, 1.82) is 0 Å². The SMILES string of the molecule is CC(C)c1ccccc1NC(=O)CC1Sc2ccc(Cl)cc2NC1=O. The normalized spacial score (nSPS) is 16.3. The number of carbonyl (C=O) groups is 2. The molecule has 0 aromatic heterocycles. The molecule has 1 heterocycles. The Kier molecular flexibility index (Phi) is 5.35. The molecule has 2 N–H and O–H groups in total. The molecule has 0 spiro atoms. The van der Waals surface area contributed by atoms with Crippen molar-refractivity contribution in [2.75, 3.05) is 10.6 Å². The fraction of sp³-hybridized carbons (Fsp3) is 0.263. The Balaban J connectivity index is 1.70. The maximum atomic E-state index is 12.4. The Bertz CT molecular complexity index is 823. The van der Waals surface area contributed by atoms with Gasteiger partial charge in [-0.1, -0.05) is 43.6 Å². The number of halogens is 1. The van der Waals surface area contributed by atoms with Crippen molar-refractivity contribution in [3.8, 4) is 0 Å². The highest BCUT2D eigenvalue weighted by Gasteiger charge is 2.29. The van der Waals surface area contributed by atoms with Gasteiger partial charge in [0.2, 0.25) is 11.8 Å². The number of rotatable bonds is 4. The van der Waals surface area contributed by atoms with E-state index in [1.807, 2.05) is 30.3 Å². The lowest BCUT2D eigenvalue weighted by atomic mass is 10.0. The minimum atomic E-state index is -0.458. The average Bonchev–Trinajstić information content (AvgIpc) is 2.56. The number of amides is 2. The summed E-state index contributed by atoms with van der Waals surface area (Å²) in [6, 6.07) is 13.1. The first-order valence-electron chi connectivity index (χ1n) is 8.10. The molecule has 2 aromatic carbocycles. The Hall–Kier alpha value is -1.98. The summed E-state index contributed by atoms with van der Waals surface area (Å²) >= 11 is 7.34. The number of nitrogens with one attached hydrogen (secondary N) is 2. The van der Waals surface area contributed by atoms with E-state index in [0.29, 0.717) is 16.6 Å². The minimum Gasteiger partial charge on any atom is -0.326 e. The van der Waals surface area contributed by atoms with E-state index < -0.39 is 5.25 Å². The van der Waals surface area contributed by atoms with E-state index in [-0.39, 0.29) is 18.2 Å². The first-order chi connectivity index (χ1) is 11.9. The fourth-order valence-electron chi connectivity index (χ4n) is 2.74. The molecule has 6 heteroatoms. The third-order valence-electron chi connectivity index (χ3n) is 3.99. The van der Waals surface area contributed by atoms with Crippen LogP contribution >= 0.6 is 23.4 Å². The van der Waals surface area contributed by atoms with E-state index in [0.717, 1.165) is 16.1 Å². The molecular weight excluding hydrogens is 356 g/mol. The zero-order valence-corrected chi connectivity index (χ0v) is 15.6. The topological polar surface area (TPSA) is 58.2 Å². The highest BCUT2D eigenvalue weighted by atomic mass is 35.5. The molecule has 1 unspecified atom stereocenters. The van der Waals surface area contributed by atoms with Gasteiger partial charge < -0.3 is 10.6 Å². The van der Waals surface area contributed by atoms with E-state index in [4.69, 9.17) is 11.6 Å². The molecule has 4 nitrogen and oxygen atoms in total. The molecule has 0 fully saturated rings. The lowest BCUT2D eigenvalue weighted by Crippen LogP contribution is -2.32. The van der Waals surface area contributed by atoms with Gasteiger partial charge in [0.15, 0.2) is 0 Å². The van der Waals surface area contributed by atoms with Crippen LogP contribution in [0.3, 0.4) is 0 Å². The molecule has 1 atom stereocenters. The summed E-state index contributed by atoms with van der Waals surface area (Å²) < 4.78 is 0. The number of carbonyl (C=O) groups excluding carboxylic acids is 2. The first kappa shape index (κ1) is 17.8. The van der Waals surface area contributed by atoms with Gasteiger partial charge in [-0.15, -0.1) is 11.8 Å². The fourth-order valence-corrected chi connectivity index (χ4v) is 4.00. The van der Waals surface area contributed by atoms with Gasteiger partial charge in [0.25, 0.3) is 0 Å². The van der Waals surface area contributed by atoms with Crippen molar-refractivity contribution in [3.63, 3.8) is 0 Å². The van der Waals surface area contributed by atoms with Crippen molar-refractivity contribution in [3.05, 3.63) is 53.1 Å². The van der Waals surface area contributed by atoms with E-state index >= 15 is 0 Å². The quantitative estimate of drug-likeness (QED) is 0.799. The van der Waals surface area contributed by atoms with Crippen molar-refractivity contribution in [2.45, 2.75) is 36.3 Å². The van der Waals surface area contributed by atoms with Crippen LogP contribution in [0.1, 0.15) is 31.7 Å². The van der Waals surface area contributed by atoms with Crippen LogP contribution in [0.25, 0.3) is 0 Å².